The van der Waals surface area contributed by atoms with Crippen LogP contribution in [0.25, 0.3) is 0 Å². The molecule has 0 bridgehead atoms. The Morgan fingerprint density at radius 3 is 2.43 bits per heavy atom. The van der Waals surface area contributed by atoms with Crippen molar-refractivity contribution >= 4 is 11.8 Å². The summed E-state index contributed by atoms with van der Waals surface area (Å²) in [6.45, 7) is 4.38. The van der Waals surface area contributed by atoms with Gasteiger partial charge in [-0.15, -0.1) is 0 Å². The molecule has 0 unspecified atom stereocenters. The zero-order valence-corrected chi connectivity index (χ0v) is 13.3. The summed E-state index contributed by atoms with van der Waals surface area (Å²) in [6.07, 6.45) is 2.17. The molecule has 1 N–H and O–H groups in total. The quantitative estimate of drug-likeness (QED) is 0.940. The first-order valence-corrected chi connectivity index (χ1v) is 7.89. The summed E-state index contributed by atoms with van der Waals surface area (Å²) in [4.78, 5) is 31.2. The summed E-state index contributed by atoms with van der Waals surface area (Å²) in [5.41, 5.74) is 2.81. The van der Waals surface area contributed by atoms with Crippen LogP contribution in [-0.4, -0.2) is 52.8 Å². The normalized spacial score (nSPS) is 14.8. The van der Waals surface area contributed by atoms with E-state index in [2.05, 4.69) is 4.98 Å². The number of H-pyrrole nitrogens is 1. The molecule has 5 heteroatoms. The van der Waals surface area contributed by atoms with Gasteiger partial charge in [-0.1, -0.05) is 29.8 Å². The Morgan fingerprint density at radius 1 is 1.04 bits per heavy atom. The van der Waals surface area contributed by atoms with Gasteiger partial charge in [0.25, 0.3) is 5.91 Å². The van der Waals surface area contributed by atoms with Crippen LogP contribution in [0.2, 0.25) is 0 Å². The number of nitrogens with one attached hydrogen (secondary N) is 1. The molecule has 1 aliphatic rings. The number of rotatable bonds is 3. The minimum absolute atomic E-state index is 0.000725. The van der Waals surface area contributed by atoms with Gasteiger partial charge >= 0.3 is 0 Å². The third-order valence-electron chi connectivity index (χ3n) is 4.19. The van der Waals surface area contributed by atoms with Crippen LogP contribution in [0, 0.1) is 6.92 Å². The number of benzene rings is 1. The molecule has 0 radical (unpaired) electrons. The third kappa shape index (κ3) is 3.62. The molecule has 0 aliphatic carbocycles. The predicted octanol–water partition coefficient (Wildman–Crippen LogP) is 1.85. The largest absolute Gasteiger partial charge is 0.357 e. The third-order valence-corrected chi connectivity index (χ3v) is 4.19. The highest BCUT2D eigenvalue weighted by Gasteiger charge is 2.25. The molecule has 2 aromatic rings. The van der Waals surface area contributed by atoms with Gasteiger partial charge < -0.3 is 14.8 Å². The molecule has 5 nitrogen and oxygen atoms in total. The Labute approximate surface area is 135 Å². The molecular weight excluding hydrogens is 290 g/mol. The van der Waals surface area contributed by atoms with E-state index in [1.807, 2.05) is 42.2 Å². The maximum Gasteiger partial charge on any atom is 0.270 e. The maximum absolute atomic E-state index is 12.4. The summed E-state index contributed by atoms with van der Waals surface area (Å²) < 4.78 is 0. The molecule has 2 amide bonds. The molecule has 1 aliphatic heterocycles. The van der Waals surface area contributed by atoms with Gasteiger partial charge in [-0.25, -0.2) is 0 Å². The van der Waals surface area contributed by atoms with Gasteiger partial charge in [-0.05, 0) is 24.6 Å². The summed E-state index contributed by atoms with van der Waals surface area (Å²) >= 11 is 0. The van der Waals surface area contributed by atoms with E-state index in [1.54, 1.807) is 17.2 Å². The van der Waals surface area contributed by atoms with Crippen LogP contribution < -0.4 is 0 Å². The molecule has 120 valence electrons. The van der Waals surface area contributed by atoms with Crippen LogP contribution in [0.4, 0.5) is 0 Å². The lowest BCUT2D eigenvalue weighted by Crippen LogP contribution is -2.51. The van der Waals surface area contributed by atoms with Gasteiger partial charge in [0.2, 0.25) is 5.91 Å². The van der Waals surface area contributed by atoms with Gasteiger partial charge in [0, 0.05) is 32.4 Å². The highest BCUT2D eigenvalue weighted by molar-refractivity contribution is 5.92. The molecule has 23 heavy (non-hydrogen) atoms. The summed E-state index contributed by atoms with van der Waals surface area (Å²) in [5, 5.41) is 0. The highest BCUT2D eigenvalue weighted by Crippen LogP contribution is 2.11. The lowest BCUT2D eigenvalue weighted by molar-refractivity contribution is -0.131. The van der Waals surface area contributed by atoms with E-state index in [1.165, 1.54) is 0 Å². The maximum atomic E-state index is 12.4. The van der Waals surface area contributed by atoms with Crippen molar-refractivity contribution in [3.05, 3.63) is 59.4 Å². The Kier molecular flexibility index (Phi) is 4.46. The first-order valence-electron chi connectivity index (χ1n) is 7.89. The average Bonchev–Trinajstić information content (AvgIpc) is 3.09. The minimum atomic E-state index is 0.000725. The molecule has 1 aromatic heterocycles. The number of aromatic nitrogens is 1. The monoisotopic (exact) mass is 311 g/mol. The minimum Gasteiger partial charge on any atom is -0.357 e. The second kappa shape index (κ2) is 6.69. The van der Waals surface area contributed by atoms with Crippen molar-refractivity contribution in [2.45, 2.75) is 13.3 Å². The molecule has 1 saturated heterocycles. The van der Waals surface area contributed by atoms with E-state index >= 15 is 0 Å². The first-order chi connectivity index (χ1) is 11.1. The Balaban J connectivity index is 1.54. The van der Waals surface area contributed by atoms with Crippen molar-refractivity contribution in [2.75, 3.05) is 26.2 Å². The fourth-order valence-electron chi connectivity index (χ4n) is 2.90. The molecule has 0 atom stereocenters. The lowest BCUT2D eigenvalue weighted by Gasteiger charge is -2.34. The Morgan fingerprint density at radius 2 is 1.78 bits per heavy atom. The molecule has 1 aromatic carbocycles. The molecule has 2 heterocycles. The average molecular weight is 311 g/mol. The number of hydrogen-bond acceptors (Lipinski definition) is 2. The van der Waals surface area contributed by atoms with Crippen LogP contribution in [0.15, 0.2) is 42.6 Å². The van der Waals surface area contributed by atoms with E-state index in [0.29, 0.717) is 38.3 Å². The number of aromatic amines is 1. The molecule has 1 fully saturated rings. The lowest BCUT2D eigenvalue weighted by atomic mass is 10.1. The Bertz CT molecular complexity index is 686. The molecular formula is C18H21N3O2. The van der Waals surface area contributed by atoms with E-state index in [9.17, 15) is 9.59 Å². The number of carbonyl (C=O) groups excluding carboxylic acids is 2. The van der Waals surface area contributed by atoms with Gasteiger partial charge in [-0.2, -0.15) is 0 Å². The number of nitrogens with zero attached hydrogens (tertiary/aromatic N) is 2. The van der Waals surface area contributed by atoms with Crippen molar-refractivity contribution in [3.8, 4) is 0 Å². The van der Waals surface area contributed by atoms with Crippen LogP contribution >= 0.6 is 0 Å². The van der Waals surface area contributed by atoms with Crippen LogP contribution in [0.1, 0.15) is 21.6 Å². The van der Waals surface area contributed by atoms with Crippen molar-refractivity contribution in [1.82, 2.24) is 14.8 Å². The number of piperazine rings is 1. The van der Waals surface area contributed by atoms with Crippen molar-refractivity contribution < 1.29 is 9.59 Å². The molecule has 0 spiro atoms. The van der Waals surface area contributed by atoms with Gasteiger partial charge in [-0.3, -0.25) is 9.59 Å². The number of carbonyl (C=O) groups is 2. The van der Waals surface area contributed by atoms with Crippen molar-refractivity contribution in [1.29, 1.82) is 0 Å². The number of hydrogen-bond donors (Lipinski definition) is 1. The topological polar surface area (TPSA) is 56.4 Å². The summed E-state index contributed by atoms with van der Waals surface area (Å²) in [7, 11) is 0. The molecule has 3 rings (SSSR count). The second-order valence-electron chi connectivity index (χ2n) is 5.92. The van der Waals surface area contributed by atoms with Crippen molar-refractivity contribution in [3.63, 3.8) is 0 Å². The van der Waals surface area contributed by atoms with E-state index in [4.69, 9.17) is 0 Å². The van der Waals surface area contributed by atoms with Gasteiger partial charge in [0.15, 0.2) is 0 Å². The zero-order valence-electron chi connectivity index (χ0n) is 13.3. The van der Waals surface area contributed by atoms with Crippen LogP contribution in [0.3, 0.4) is 0 Å². The van der Waals surface area contributed by atoms with Gasteiger partial charge in [0.05, 0.1) is 6.42 Å². The number of aryl methyl sites for hydroxylation is 1. The summed E-state index contributed by atoms with van der Waals surface area (Å²) in [6, 6.07) is 11.6. The van der Waals surface area contributed by atoms with E-state index < -0.39 is 0 Å². The first kappa shape index (κ1) is 15.3. The van der Waals surface area contributed by atoms with Crippen LogP contribution in [0.5, 0.6) is 0 Å². The van der Waals surface area contributed by atoms with E-state index in [-0.39, 0.29) is 11.8 Å². The fourth-order valence-corrected chi connectivity index (χ4v) is 2.90. The molecule has 0 saturated carbocycles. The smallest absolute Gasteiger partial charge is 0.270 e. The highest BCUT2D eigenvalue weighted by atomic mass is 16.2. The Hall–Kier alpha value is -2.56. The van der Waals surface area contributed by atoms with E-state index in [0.717, 1.165) is 11.1 Å². The fraction of sp³-hybridized carbons (Fsp3) is 0.333. The SMILES string of the molecule is Cc1cccc(CC(=O)N2CCN(C(=O)c3ccc[nH]3)CC2)c1. The summed E-state index contributed by atoms with van der Waals surface area (Å²) in [5.74, 6) is 0.128. The predicted molar refractivity (Wildman–Crippen MR) is 88.2 cm³/mol. The van der Waals surface area contributed by atoms with Crippen molar-refractivity contribution in [2.24, 2.45) is 0 Å². The van der Waals surface area contributed by atoms with Gasteiger partial charge in [0.1, 0.15) is 5.69 Å². The zero-order chi connectivity index (χ0) is 16.2. The number of amides is 2. The van der Waals surface area contributed by atoms with Crippen LogP contribution in [-0.2, 0) is 11.2 Å². The second-order valence-corrected chi connectivity index (χ2v) is 5.92. The standard InChI is InChI=1S/C18H21N3O2/c1-14-4-2-5-15(12-14)13-17(22)20-8-10-21(11-9-20)18(23)16-6-3-7-19-16/h2-7,12,19H,8-11,13H2,1H3.